The minimum atomic E-state index is -0.803. The summed E-state index contributed by atoms with van der Waals surface area (Å²) in [6, 6.07) is 9.34. The zero-order valence-corrected chi connectivity index (χ0v) is 18.4. The monoisotopic (exact) mass is 438 g/mol. The molecule has 4 heterocycles. The summed E-state index contributed by atoms with van der Waals surface area (Å²) < 4.78 is 0. The van der Waals surface area contributed by atoms with Gasteiger partial charge in [-0.05, 0) is 48.9 Å². The van der Waals surface area contributed by atoms with Gasteiger partial charge in [0.25, 0.3) is 5.91 Å². The molecule has 1 N–H and O–H groups in total. The lowest BCUT2D eigenvalue weighted by atomic mass is 9.98. The van der Waals surface area contributed by atoms with Gasteiger partial charge in [-0.15, -0.1) is 11.3 Å². The maximum Gasteiger partial charge on any atom is 0.258 e. The molecule has 1 aromatic carbocycles. The third kappa shape index (κ3) is 3.43. The van der Waals surface area contributed by atoms with Gasteiger partial charge < -0.3 is 10.2 Å². The predicted molar refractivity (Wildman–Crippen MR) is 119 cm³/mol. The van der Waals surface area contributed by atoms with Crippen LogP contribution in [0.1, 0.15) is 40.6 Å². The molecule has 1 unspecified atom stereocenters. The Hall–Kier alpha value is -2.71. The zero-order chi connectivity index (χ0) is 21.6. The van der Waals surface area contributed by atoms with Crippen molar-refractivity contribution in [2.24, 2.45) is 0 Å². The lowest BCUT2D eigenvalue weighted by Gasteiger charge is -2.48. The van der Waals surface area contributed by atoms with E-state index in [1.165, 1.54) is 10.4 Å². The van der Waals surface area contributed by atoms with Crippen LogP contribution in [0, 0.1) is 0 Å². The van der Waals surface area contributed by atoms with Gasteiger partial charge in [-0.3, -0.25) is 24.2 Å². The Kier molecular flexibility index (Phi) is 5.06. The van der Waals surface area contributed by atoms with Gasteiger partial charge >= 0.3 is 0 Å². The molecule has 0 spiro atoms. The Bertz CT molecular complexity index is 1050. The number of para-hydroxylation sites is 1. The Morgan fingerprint density at radius 2 is 2.03 bits per heavy atom. The normalized spacial score (nSPS) is 22.9. The van der Waals surface area contributed by atoms with Crippen LogP contribution in [-0.2, 0) is 22.6 Å². The minimum absolute atomic E-state index is 0.00856. The molecule has 5 rings (SSSR count). The summed E-state index contributed by atoms with van der Waals surface area (Å²) in [5.41, 5.74) is 1.70. The summed E-state index contributed by atoms with van der Waals surface area (Å²) in [5.74, 6) is -0.396. The Balaban J connectivity index is 1.24. The van der Waals surface area contributed by atoms with Crippen LogP contribution in [-0.4, -0.2) is 59.4 Å². The lowest BCUT2D eigenvalue weighted by molar-refractivity contribution is -0.124. The fourth-order valence-electron chi connectivity index (χ4n) is 4.99. The summed E-state index contributed by atoms with van der Waals surface area (Å²) in [6.45, 7) is 5.06. The number of fused-ring (bicyclic) bond motifs is 4. The smallest absolute Gasteiger partial charge is 0.258 e. The van der Waals surface area contributed by atoms with Crippen molar-refractivity contribution in [1.29, 1.82) is 0 Å². The maximum absolute atomic E-state index is 13.2. The zero-order valence-electron chi connectivity index (χ0n) is 17.6. The van der Waals surface area contributed by atoms with Crippen molar-refractivity contribution in [3.8, 4) is 0 Å². The standard InChI is InChI=1S/C23H26N4O3S/c1-23-9-6-21(29)27(23)18-5-3-2-4-17(18)22(30)26(23)15-20(28)24-10-12-25-11-7-19-16(14-25)8-13-31-19/h2-5,8,13H,6-7,9-12,14-15H2,1H3,(H,24,28). The fourth-order valence-corrected chi connectivity index (χ4v) is 5.88. The number of hydrogen-bond acceptors (Lipinski definition) is 5. The molecule has 0 saturated carbocycles. The van der Waals surface area contributed by atoms with Gasteiger partial charge in [-0.1, -0.05) is 12.1 Å². The van der Waals surface area contributed by atoms with Crippen LogP contribution >= 0.6 is 11.3 Å². The number of nitrogens with zero attached hydrogens (tertiary/aromatic N) is 3. The highest BCUT2D eigenvalue weighted by molar-refractivity contribution is 7.10. The van der Waals surface area contributed by atoms with Crippen LogP contribution in [0.3, 0.4) is 0 Å². The van der Waals surface area contributed by atoms with Crippen LogP contribution in [0.4, 0.5) is 5.69 Å². The van der Waals surface area contributed by atoms with Crippen molar-refractivity contribution in [3.63, 3.8) is 0 Å². The number of hydrogen-bond donors (Lipinski definition) is 1. The SMILES string of the molecule is CC12CCC(=O)N1c1ccccc1C(=O)N2CC(=O)NCCN1CCc2sccc2C1. The molecule has 1 saturated heterocycles. The largest absolute Gasteiger partial charge is 0.353 e. The minimum Gasteiger partial charge on any atom is -0.353 e. The second-order valence-electron chi connectivity index (χ2n) is 8.60. The molecule has 31 heavy (non-hydrogen) atoms. The Morgan fingerprint density at radius 1 is 1.19 bits per heavy atom. The number of carbonyl (C=O) groups is 3. The second kappa shape index (κ2) is 7.76. The molecule has 7 nitrogen and oxygen atoms in total. The van der Waals surface area contributed by atoms with Crippen molar-refractivity contribution in [2.45, 2.75) is 38.4 Å². The van der Waals surface area contributed by atoms with Crippen molar-refractivity contribution >= 4 is 34.7 Å². The third-order valence-corrected chi connectivity index (χ3v) is 7.71. The van der Waals surface area contributed by atoms with Gasteiger partial charge in [-0.25, -0.2) is 0 Å². The van der Waals surface area contributed by atoms with Gasteiger partial charge in [0, 0.05) is 37.5 Å². The summed E-state index contributed by atoms with van der Waals surface area (Å²) in [5, 5.41) is 5.11. The number of rotatable bonds is 5. The molecule has 162 valence electrons. The third-order valence-electron chi connectivity index (χ3n) is 6.68. The van der Waals surface area contributed by atoms with E-state index < -0.39 is 5.66 Å². The molecule has 0 bridgehead atoms. The lowest BCUT2D eigenvalue weighted by Crippen LogP contribution is -2.64. The van der Waals surface area contributed by atoms with Crippen LogP contribution < -0.4 is 10.2 Å². The van der Waals surface area contributed by atoms with Gasteiger partial charge in [0.15, 0.2) is 0 Å². The molecule has 0 aliphatic carbocycles. The van der Waals surface area contributed by atoms with Crippen molar-refractivity contribution in [2.75, 3.05) is 31.1 Å². The van der Waals surface area contributed by atoms with Crippen molar-refractivity contribution in [3.05, 3.63) is 51.7 Å². The number of carbonyl (C=O) groups excluding carboxylic acids is 3. The average Bonchev–Trinajstić information content (AvgIpc) is 3.35. The number of nitrogens with one attached hydrogen (secondary N) is 1. The quantitative estimate of drug-likeness (QED) is 0.777. The van der Waals surface area contributed by atoms with Crippen LogP contribution in [0.5, 0.6) is 0 Å². The van der Waals surface area contributed by atoms with Crippen LogP contribution in [0.15, 0.2) is 35.7 Å². The summed E-state index contributed by atoms with van der Waals surface area (Å²) in [7, 11) is 0. The van der Waals surface area contributed by atoms with E-state index in [0.29, 0.717) is 30.6 Å². The van der Waals surface area contributed by atoms with Crippen molar-refractivity contribution < 1.29 is 14.4 Å². The number of thiophene rings is 1. The van der Waals surface area contributed by atoms with E-state index in [4.69, 9.17) is 0 Å². The van der Waals surface area contributed by atoms with Gasteiger partial charge in [-0.2, -0.15) is 0 Å². The van der Waals surface area contributed by atoms with E-state index in [9.17, 15) is 14.4 Å². The van der Waals surface area contributed by atoms with Gasteiger partial charge in [0.1, 0.15) is 12.2 Å². The first-order valence-corrected chi connectivity index (χ1v) is 11.6. The van der Waals surface area contributed by atoms with E-state index in [0.717, 1.165) is 26.1 Å². The van der Waals surface area contributed by atoms with E-state index in [1.807, 2.05) is 30.4 Å². The highest BCUT2D eigenvalue weighted by Crippen LogP contribution is 2.43. The first-order valence-electron chi connectivity index (χ1n) is 10.8. The molecule has 3 aliphatic rings. The first kappa shape index (κ1) is 20.2. The molecular weight excluding hydrogens is 412 g/mol. The summed E-state index contributed by atoms with van der Waals surface area (Å²) in [6.07, 6.45) is 1.95. The predicted octanol–water partition coefficient (Wildman–Crippen LogP) is 2.22. The second-order valence-corrected chi connectivity index (χ2v) is 9.60. The van der Waals surface area contributed by atoms with E-state index in [-0.39, 0.29) is 24.3 Å². The molecule has 3 amide bonds. The number of benzene rings is 1. The first-order chi connectivity index (χ1) is 15.0. The summed E-state index contributed by atoms with van der Waals surface area (Å²) in [4.78, 5) is 45.7. The average molecular weight is 439 g/mol. The van der Waals surface area contributed by atoms with E-state index in [1.54, 1.807) is 21.9 Å². The summed E-state index contributed by atoms with van der Waals surface area (Å²) >= 11 is 1.82. The van der Waals surface area contributed by atoms with Gasteiger partial charge in [0.05, 0.1) is 11.3 Å². The molecule has 1 fully saturated rings. The maximum atomic E-state index is 13.2. The molecule has 1 atom stereocenters. The van der Waals surface area contributed by atoms with E-state index >= 15 is 0 Å². The molecule has 0 radical (unpaired) electrons. The Morgan fingerprint density at radius 3 is 2.90 bits per heavy atom. The highest BCUT2D eigenvalue weighted by atomic mass is 32.1. The van der Waals surface area contributed by atoms with E-state index in [2.05, 4.69) is 21.7 Å². The number of anilines is 1. The Labute approximate surface area is 185 Å². The molecule has 3 aliphatic heterocycles. The molecule has 1 aromatic heterocycles. The van der Waals surface area contributed by atoms with Crippen molar-refractivity contribution in [1.82, 2.24) is 15.1 Å². The number of amides is 3. The van der Waals surface area contributed by atoms with Gasteiger partial charge in [0.2, 0.25) is 11.8 Å². The topological polar surface area (TPSA) is 73.0 Å². The molecular formula is C23H26N4O3S. The fraction of sp³-hybridized carbons (Fsp3) is 0.435. The molecule has 2 aromatic rings. The molecule has 8 heteroatoms. The van der Waals surface area contributed by atoms with Crippen LogP contribution in [0.25, 0.3) is 0 Å². The highest BCUT2D eigenvalue weighted by Gasteiger charge is 2.53. The van der Waals surface area contributed by atoms with Crippen LogP contribution in [0.2, 0.25) is 0 Å².